The summed E-state index contributed by atoms with van der Waals surface area (Å²) in [6, 6.07) is 0.701. The van der Waals surface area contributed by atoms with Crippen molar-refractivity contribution in [2.45, 2.75) is 58.9 Å². The molecule has 2 unspecified atom stereocenters. The van der Waals surface area contributed by atoms with Gasteiger partial charge in [-0.05, 0) is 51.7 Å². The van der Waals surface area contributed by atoms with Crippen LogP contribution < -0.4 is 5.32 Å². The number of rotatable bonds is 8. The molecule has 1 saturated heterocycles. The lowest BCUT2D eigenvalue weighted by molar-refractivity contribution is 0.311. The molecule has 1 fully saturated rings. The number of nitrogens with one attached hydrogen (secondary N) is 1. The number of nitrogens with zero attached hydrogens (tertiary/aromatic N) is 1. The Hall–Kier alpha value is -0.0800. The zero-order valence-corrected chi connectivity index (χ0v) is 11.5. The van der Waals surface area contributed by atoms with Crippen molar-refractivity contribution < 1.29 is 0 Å². The molecular formula is C14H30N2. The molecule has 0 aliphatic carbocycles. The van der Waals surface area contributed by atoms with Crippen LogP contribution in [-0.2, 0) is 0 Å². The average molecular weight is 226 g/mol. The van der Waals surface area contributed by atoms with Gasteiger partial charge in [0, 0.05) is 12.6 Å². The van der Waals surface area contributed by atoms with Gasteiger partial charge in [0.1, 0.15) is 0 Å². The van der Waals surface area contributed by atoms with Crippen LogP contribution in [-0.4, -0.2) is 37.1 Å². The molecule has 0 saturated carbocycles. The van der Waals surface area contributed by atoms with Crippen LogP contribution in [0.2, 0.25) is 0 Å². The molecule has 1 rings (SSSR count). The molecule has 1 aliphatic heterocycles. The second-order valence-electron chi connectivity index (χ2n) is 5.32. The minimum Gasteiger partial charge on any atom is -0.315 e. The highest BCUT2D eigenvalue weighted by Crippen LogP contribution is 2.19. The fraction of sp³-hybridized carbons (Fsp3) is 1.00. The summed E-state index contributed by atoms with van der Waals surface area (Å²) in [7, 11) is 0. The molecule has 0 aromatic rings. The van der Waals surface area contributed by atoms with Crippen molar-refractivity contribution >= 4 is 0 Å². The Balaban J connectivity index is 1.95. The second-order valence-corrected chi connectivity index (χ2v) is 5.32. The molecule has 1 heterocycles. The summed E-state index contributed by atoms with van der Waals surface area (Å²) in [5.41, 5.74) is 0. The Morgan fingerprint density at radius 3 is 2.75 bits per heavy atom. The molecule has 2 nitrogen and oxygen atoms in total. The van der Waals surface area contributed by atoms with Gasteiger partial charge in [0.05, 0.1) is 0 Å². The highest BCUT2D eigenvalue weighted by molar-refractivity contribution is 4.74. The van der Waals surface area contributed by atoms with Crippen LogP contribution in [0.3, 0.4) is 0 Å². The van der Waals surface area contributed by atoms with E-state index in [-0.39, 0.29) is 0 Å². The zero-order chi connectivity index (χ0) is 11.8. The first-order chi connectivity index (χ1) is 7.76. The van der Waals surface area contributed by atoms with Crippen molar-refractivity contribution in [3.05, 3.63) is 0 Å². The fourth-order valence-electron chi connectivity index (χ4n) is 2.69. The monoisotopic (exact) mass is 226 g/mol. The summed E-state index contributed by atoms with van der Waals surface area (Å²) in [5.74, 6) is 0.987. The van der Waals surface area contributed by atoms with Gasteiger partial charge in [0.15, 0.2) is 0 Å². The minimum absolute atomic E-state index is 0.701. The number of likely N-dealkylation sites (tertiary alicyclic amines) is 1. The Morgan fingerprint density at radius 2 is 2.12 bits per heavy atom. The van der Waals surface area contributed by atoms with Crippen LogP contribution in [0.25, 0.3) is 0 Å². The summed E-state index contributed by atoms with van der Waals surface area (Å²) < 4.78 is 0. The molecular weight excluding hydrogens is 196 g/mol. The Bertz CT molecular complexity index is 170. The SMILES string of the molecule is CCNC(C)CCCCN1CCC(CC)C1. The van der Waals surface area contributed by atoms with Gasteiger partial charge in [0.25, 0.3) is 0 Å². The Kier molecular flexibility index (Phi) is 7.06. The normalized spacial score (nSPS) is 23.8. The Morgan fingerprint density at radius 1 is 1.31 bits per heavy atom. The maximum Gasteiger partial charge on any atom is 0.00386 e. The van der Waals surface area contributed by atoms with Gasteiger partial charge in [-0.15, -0.1) is 0 Å². The van der Waals surface area contributed by atoms with Crippen molar-refractivity contribution in [1.29, 1.82) is 0 Å². The van der Waals surface area contributed by atoms with Crippen LogP contribution in [0.5, 0.6) is 0 Å². The largest absolute Gasteiger partial charge is 0.315 e. The molecule has 1 aliphatic rings. The maximum atomic E-state index is 3.48. The quantitative estimate of drug-likeness (QED) is 0.640. The summed E-state index contributed by atoms with van der Waals surface area (Å²) in [5, 5.41) is 3.48. The first kappa shape index (κ1) is 14.0. The number of hydrogen-bond donors (Lipinski definition) is 1. The lowest BCUT2D eigenvalue weighted by atomic mass is 10.1. The molecule has 0 bridgehead atoms. The standard InChI is InChI=1S/C14H30N2/c1-4-14-9-11-16(12-14)10-7-6-8-13(3)15-5-2/h13-15H,4-12H2,1-3H3. The third-order valence-electron chi connectivity index (χ3n) is 3.86. The second kappa shape index (κ2) is 8.08. The highest BCUT2D eigenvalue weighted by atomic mass is 15.1. The summed E-state index contributed by atoms with van der Waals surface area (Å²) in [4.78, 5) is 2.66. The molecule has 0 radical (unpaired) electrons. The molecule has 16 heavy (non-hydrogen) atoms. The van der Waals surface area contributed by atoms with E-state index in [2.05, 4.69) is 31.0 Å². The van der Waals surface area contributed by atoms with E-state index in [1.807, 2.05) is 0 Å². The minimum atomic E-state index is 0.701. The van der Waals surface area contributed by atoms with Gasteiger partial charge in [-0.1, -0.05) is 26.7 Å². The van der Waals surface area contributed by atoms with Crippen LogP contribution in [0.1, 0.15) is 52.9 Å². The topological polar surface area (TPSA) is 15.3 Å². The van der Waals surface area contributed by atoms with Crippen molar-refractivity contribution in [3.8, 4) is 0 Å². The molecule has 96 valence electrons. The van der Waals surface area contributed by atoms with Gasteiger partial charge in [0.2, 0.25) is 0 Å². The van der Waals surface area contributed by atoms with Crippen LogP contribution in [0, 0.1) is 5.92 Å². The summed E-state index contributed by atoms with van der Waals surface area (Å²) in [6.45, 7) is 12.0. The van der Waals surface area contributed by atoms with Crippen molar-refractivity contribution in [2.75, 3.05) is 26.2 Å². The fourth-order valence-corrected chi connectivity index (χ4v) is 2.69. The van der Waals surface area contributed by atoms with E-state index in [1.165, 1.54) is 51.7 Å². The van der Waals surface area contributed by atoms with Crippen molar-refractivity contribution in [2.24, 2.45) is 5.92 Å². The van der Waals surface area contributed by atoms with E-state index in [0.717, 1.165) is 12.5 Å². The predicted molar refractivity (Wildman–Crippen MR) is 71.8 cm³/mol. The molecule has 0 spiro atoms. The van der Waals surface area contributed by atoms with E-state index in [9.17, 15) is 0 Å². The van der Waals surface area contributed by atoms with E-state index >= 15 is 0 Å². The summed E-state index contributed by atoms with van der Waals surface area (Å²) in [6.07, 6.45) is 6.89. The van der Waals surface area contributed by atoms with E-state index in [4.69, 9.17) is 0 Å². The van der Waals surface area contributed by atoms with E-state index in [0.29, 0.717) is 6.04 Å². The highest BCUT2D eigenvalue weighted by Gasteiger charge is 2.19. The van der Waals surface area contributed by atoms with Gasteiger partial charge >= 0.3 is 0 Å². The predicted octanol–water partition coefficient (Wildman–Crippen LogP) is 2.89. The first-order valence-electron chi connectivity index (χ1n) is 7.22. The number of unbranched alkanes of at least 4 members (excludes halogenated alkanes) is 1. The van der Waals surface area contributed by atoms with Gasteiger partial charge < -0.3 is 10.2 Å². The molecule has 2 atom stereocenters. The molecule has 0 aromatic heterocycles. The molecule has 0 amide bonds. The van der Waals surface area contributed by atoms with Crippen molar-refractivity contribution in [3.63, 3.8) is 0 Å². The van der Waals surface area contributed by atoms with Gasteiger partial charge in [-0.2, -0.15) is 0 Å². The number of hydrogen-bond acceptors (Lipinski definition) is 2. The third-order valence-corrected chi connectivity index (χ3v) is 3.86. The molecule has 0 aromatic carbocycles. The summed E-state index contributed by atoms with van der Waals surface area (Å²) >= 11 is 0. The smallest absolute Gasteiger partial charge is 0.00386 e. The zero-order valence-electron chi connectivity index (χ0n) is 11.5. The van der Waals surface area contributed by atoms with E-state index < -0.39 is 0 Å². The lowest BCUT2D eigenvalue weighted by Gasteiger charge is -2.16. The third kappa shape index (κ3) is 5.31. The van der Waals surface area contributed by atoms with Gasteiger partial charge in [-0.3, -0.25) is 0 Å². The van der Waals surface area contributed by atoms with Crippen LogP contribution in [0.15, 0.2) is 0 Å². The van der Waals surface area contributed by atoms with Crippen LogP contribution in [0.4, 0.5) is 0 Å². The van der Waals surface area contributed by atoms with E-state index in [1.54, 1.807) is 0 Å². The Labute approximate surface area is 102 Å². The van der Waals surface area contributed by atoms with Crippen molar-refractivity contribution in [1.82, 2.24) is 10.2 Å². The maximum absolute atomic E-state index is 3.48. The molecule has 2 heteroatoms. The lowest BCUT2D eigenvalue weighted by Crippen LogP contribution is -2.26. The van der Waals surface area contributed by atoms with Gasteiger partial charge in [-0.25, -0.2) is 0 Å². The first-order valence-corrected chi connectivity index (χ1v) is 7.22. The molecule has 1 N–H and O–H groups in total. The average Bonchev–Trinajstić information content (AvgIpc) is 2.73. The van der Waals surface area contributed by atoms with Crippen LogP contribution >= 0.6 is 0 Å².